The van der Waals surface area contributed by atoms with Gasteiger partial charge in [0.25, 0.3) is 5.69 Å². The van der Waals surface area contributed by atoms with Crippen LogP contribution in [0.25, 0.3) is 0 Å². The van der Waals surface area contributed by atoms with Crippen molar-refractivity contribution in [3.8, 4) is 0 Å². The zero-order chi connectivity index (χ0) is 18.1. The molecular formula is C17H20N2O4S. The van der Waals surface area contributed by atoms with Gasteiger partial charge in [-0.2, -0.15) is 0 Å². The van der Waals surface area contributed by atoms with Crippen LogP contribution in [-0.2, 0) is 9.84 Å². The molecule has 0 aliphatic rings. The van der Waals surface area contributed by atoms with E-state index in [1.807, 2.05) is 39.0 Å². The van der Waals surface area contributed by atoms with Gasteiger partial charge in [0.2, 0.25) is 0 Å². The van der Waals surface area contributed by atoms with Crippen LogP contribution >= 0.6 is 0 Å². The summed E-state index contributed by atoms with van der Waals surface area (Å²) >= 11 is 0. The predicted molar refractivity (Wildman–Crippen MR) is 94.2 cm³/mol. The van der Waals surface area contributed by atoms with Crippen molar-refractivity contribution in [3.63, 3.8) is 0 Å². The van der Waals surface area contributed by atoms with Crippen molar-refractivity contribution in [3.05, 3.63) is 63.2 Å². The van der Waals surface area contributed by atoms with E-state index in [0.29, 0.717) is 5.69 Å². The van der Waals surface area contributed by atoms with Crippen molar-refractivity contribution in [2.24, 2.45) is 0 Å². The second-order valence-corrected chi connectivity index (χ2v) is 7.85. The molecule has 0 spiro atoms. The number of benzene rings is 2. The number of hydrogen-bond donors (Lipinski definition) is 1. The minimum Gasteiger partial charge on any atom is -0.377 e. The van der Waals surface area contributed by atoms with E-state index in [9.17, 15) is 18.5 Å². The molecule has 24 heavy (non-hydrogen) atoms. The molecule has 0 fully saturated rings. The van der Waals surface area contributed by atoms with Gasteiger partial charge in [0.1, 0.15) is 0 Å². The van der Waals surface area contributed by atoms with Gasteiger partial charge in [-0.3, -0.25) is 10.1 Å². The monoisotopic (exact) mass is 348 g/mol. The summed E-state index contributed by atoms with van der Waals surface area (Å²) in [6.45, 7) is 5.95. The number of nitrogens with one attached hydrogen (secondary N) is 1. The van der Waals surface area contributed by atoms with E-state index in [1.54, 1.807) is 0 Å². The van der Waals surface area contributed by atoms with Gasteiger partial charge in [-0.1, -0.05) is 18.2 Å². The number of nitro benzene ring substituents is 1. The van der Waals surface area contributed by atoms with Gasteiger partial charge in [0.15, 0.2) is 9.84 Å². The molecule has 0 saturated heterocycles. The highest BCUT2D eigenvalue weighted by atomic mass is 32.2. The van der Waals surface area contributed by atoms with Crippen LogP contribution in [0.3, 0.4) is 0 Å². The molecule has 0 aromatic heterocycles. The Morgan fingerprint density at radius 2 is 1.83 bits per heavy atom. The van der Waals surface area contributed by atoms with Crippen molar-refractivity contribution >= 4 is 21.2 Å². The lowest BCUT2D eigenvalue weighted by Crippen LogP contribution is -2.12. The Morgan fingerprint density at radius 1 is 1.17 bits per heavy atom. The second-order valence-electron chi connectivity index (χ2n) is 5.86. The maximum Gasteiger partial charge on any atom is 0.270 e. The van der Waals surface area contributed by atoms with Gasteiger partial charge < -0.3 is 5.32 Å². The van der Waals surface area contributed by atoms with Crippen molar-refractivity contribution in [2.75, 3.05) is 11.6 Å². The SMILES string of the molecule is Cc1cccc(C(C)Nc2ccc([N+](=O)[O-])cc2S(C)(=O)=O)c1C. The van der Waals surface area contributed by atoms with Gasteiger partial charge >= 0.3 is 0 Å². The molecule has 0 aliphatic carbocycles. The van der Waals surface area contributed by atoms with Crippen LogP contribution < -0.4 is 5.32 Å². The number of hydrogen-bond acceptors (Lipinski definition) is 5. The molecule has 0 radical (unpaired) electrons. The molecule has 1 unspecified atom stereocenters. The van der Waals surface area contributed by atoms with E-state index in [1.165, 1.54) is 12.1 Å². The average Bonchev–Trinajstić information content (AvgIpc) is 2.49. The third-order valence-corrected chi connectivity index (χ3v) is 5.20. The molecule has 2 rings (SSSR count). The molecule has 1 atom stereocenters. The van der Waals surface area contributed by atoms with Crippen molar-refractivity contribution < 1.29 is 13.3 Å². The Hall–Kier alpha value is -2.41. The first kappa shape index (κ1) is 17.9. The predicted octanol–water partition coefficient (Wildman–Crippen LogP) is 3.79. The third kappa shape index (κ3) is 3.73. The molecule has 0 bridgehead atoms. The first-order chi connectivity index (χ1) is 11.1. The largest absolute Gasteiger partial charge is 0.377 e. The summed E-state index contributed by atoms with van der Waals surface area (Å²) in [4.78, 5) is 10.2. The summed E-state index contributed by atoms with van der Waals surface area (Å²) < 4.78 is 24.0. The van der Waals surface area contributed by atoms with Gasteiger partial charge in [-0.05, 0) is 43.5 Å². The van der Waals surface area contributed by atoms with Crippen LogP contribution in [0.5, 0.6) is 0 Å². The van der Waals surface area contributed by atoms with Crippen LogP contribution in [-0.4, -0.2) is 19.6 Å². The number of anilines is 1. The molecule has 2 aromatic rings. The van der Waals surface area contributed by atoms with Crippen molar-refractivity contribution in [2.45, 2.75) is 31.7 Å². The number of aryl methyl sites for hydroxylation is 1. The summed E-state index contributed by atoms with van der Waals surface area (Å²) in [5.41, 5.74) is 3.43. The maximum atomic E-state index is 12.0. The maximum absolute atomic E-state index is 12.0. The molecule has 0 aliphatic heterocycles. The van der Waals surface area contributed by atoms with Gasteiger partial charge in [0.05, 0.1) is 15.5 Å². The van der Waals surface area contributed by atoms with Gasteiger partial charge in [-0.25, -0.2) is 8.42 Å². The Morgan fingerprint density at radius 3 is 2.42 bits per heavy atom. The van der Waals surface area contributed by atoms with Crippen LogP contribution in [0.2, 0.25) is 0 Å². The lowest BCUT2D eigenvalue weighted by molar-refractivity contribution is -0.385. The first-order valence-corrected chi connectivity index (χ1v) is 9.31. The molecule has 6 nitrogen and oxygen atoms in total. The fourth-order valence-electron chi connectivity index (χ4n) is 2.60. The highest BCUT2D eigenvalue weighted by Gasteiger charge is 2.20. The summed E-state index contributed by atoms with van der Waals surface area (Å²) in [6, 6.07) is 9.62. The second kappa shape index (κ2) is 6.60. The van der Waals surface area contributed by atoms with E-state index in [0.717, 1.165) is 29.0 Å². The molecule has 128 valence electrons. The minimum absolute atomic E-state index is 0.0751. The quantitative estimate of drug-likeness (QED) is 0.656. The number of rotatable bonds is 5. The molecule has 7 heteroatoms. The average molecular weight is 348 g/mol. The first-order valence-electron chi connectivity index (χ1n) is 7.42. The fraction of sp³-hybridized carbons (Fsp3) is 0.294. The van der Waals surface area contributed by atoms with Gasteiger partial charge in [0, 0.05) is 24.4 Å². The van der Waals surface area contributed by atoms with E-state index in [2.05, 4.69) is 5.32 Å². The van der Waals surface area contributed by atoms with Crippen LogP contribution in [0, 0.1) is 24.0 Å². The standard InChI is InChI=1S/C17H20N2O4S/c1-11-6-5-7-15(12(11)2)13(3)18-16-9-8-14(19(20)21)10-17(16)24(4,22)23/h5-10,13,18H,1-4H3. The highest BCUT2D eigenvalue weighted by Crippen LogP contribution is 2.30. The topological polar surface area (TPSA) is 89.3 Å². The molecular weight excluding hydrogens is 328 g/mol. The normalized spacial score (nSPS) is 12.7. The van der Waals surface area contributed by atoms with E-state index < -0.39 is 14.8 Å². The Balaban J connectivity index is 2.45. The number of sulfone groups is 1. The van der Waals surface area contributed by atoms with Crippen LogP contribution in [0.15, 0.2) is 41.3 Å². The Bertz CT molecular complexity index is 891. The molecule has 1 N–H and O–H groups in total. The Kier molecular flexibility index (Phi) is 4.94. The van der Waals surface area contributed by atoms with Crippen molar-refractivity contribution in [1.82, 2.24) is 0 Å². The fourth-order valence-corrected chi connectivity index (χ4v) is 3.47. The van der Waals surface area contributed by atoms with E-state index >= 15 is 0 Å². The Labute approximate surface area is 141 Å². The lowest BCUT2D eigenvalue weighted by Gasteiger charge is -2.20. The zero-order valence-electron chi connectivity index (χ0n) is 14.0. The van der Waals surface area contributed by atoms with Crippen LogP contribution in [0.4, 0.5) is 11.4 Å². The molecule has 0 saturated carbocycles. The van der Waals surface area contributed by atoms with E-state index in [-0.39, 0.29) is 16.6 Å². The minimum atomic E-state index is -3.60. The molecule has 0 amide bonds. The molecule has 0 heterocycles. The lowest BCUT2D eigenvalue weighted by atomic mass is 9.98. The summed E-state index contributed by atoms with van der Waals surface area (Å²) in [7, 11) is -3.60. The number of nitro groups is 1. The summed E-state index contributed by atoms with van der Waals surface area (Å²) in [5, 5.41) is 14.1. The smallest absolute Gasteiger partial charge is 0.270 e. The summed E-state index contributed by atoms with van der Waals surface area (Å²) in [6.07, 6.45) is 1.04. The van der Waals surface area contributed by atoms with Crippen molar-refractivity contribution in [1.29, 1.82) is 0 Å². The highest BCUT2D eigenvalue weighted by molar-refractivity contribution is 7.90. The van der Waals surface area contributed by atoms with Crippen LogP contribution in [0.1, 0.15) is 29.7 Å². The number of nitrogens with zero attached hydrogens (tertiary/aromatic N) is 1. The zero-order valence-corrected chi connectivity index (χ0v) is 14.8. The summed E-state index contributed by atoms with van der Waals surface area (Å²) in [5.74, 6) is 0. The third-order valence-electron chi connectivity index (χ3n) is 4.06. The van der Waals surface area contributed by atoms with Gasteiger partial charge in [-0.15, -0.1) is 0 Å². The number of non-ortho nitro benzene ring substituents is 1. The molecule has 2 aromatic carbocycles. The van der Waals surface area contributed by atoms with E-state index in [4.69, 9.17) is 0 Å².